The highest BCUT2D eigenvalue weighted by atomic mass is 16.4. The molecular weight excluding hydrogens is 236 g/mol. The van der Waals surface area contributed by atoms with Gasteiger partial charge in [-0.25, -0.2) is 4.79 Å². The molecule has 0 aliphatic carbocycles. The summed E-state index contributed by atoms with van der Waals surface area (Å²) in [6, 6.07) is -0.665. The van der Waals surface area contributed by atoms with Crippen molar-refractivity contribution in [3.63, 3.8) is 0 Å². The lowest BCUT2D eigenvalue weighted by Gasteiger charge is -2.33. The Kier molecular flexibility index (Phi) is 3.91. The van der Waals surface area contributed by atoms with Crippen LogP contribution >= 0.6 is 0 Å². The number of carbonyl (C=O) groups excluding carboxylic acids is 1. The maximum atomic E-state index is 12.0. The highest BCUT2D eigenvalue weighted by molar-refractivity contribution is 5.83. The van der Waals surface area contributed by atoms with Crippen LogP contribution in [0.1, 0.15) is 25.7 Å². The van der Waals surface area contributed by atoms with Gasteiger partial charge in [-0.05, 0) is 19.3 Å². The number of rotatable bonds is 4. The third kappa shape index (κ3) is 2.85. The van der Waals surface area contributed by atoms with Crippen molar-refractivity contribution in [1.29, 1.82) is 0 Å². The molecule has 0 unspecified atom stereocenters. The molecule has 1 N–H and O–H groups in total. The molecule has 1 aromatic heterocycles. The number of hydrogen-bond donors (Lipinski definition) is 1. The molecule has 18 heavy (non-hydrogen) atoms. The largest absolute Gasteiger partial charge is 0.480 e. The van der Waals surface area contributed by atoms with Crippen LogP contribution in [0.5, 0.6) is 0 Å². The fourth-order valence-corrected chi connectivity index (χ4v) is 2.19. The van der Waals surface area contributed by atoms with E-state index in [0.29, 0.717) is 19.5 Å². The second kappa shape index (κ2) is 5.61. The summed E-state index contributed by atoms with van der Waals surface area (Å²) in [5.74, 6) is -1.04. The molecular formula is C11H16N4O3. The van der Waals surface area contributed by atoms with E-state index in [1.807, 2.05) is 0 Å². The van der Waals surface area contributed by atoms with Gasteiger partial charge in [0.1, 0.15) is 6.04 Å². The zero-order chi connectivity index (χ0) is 13.0. The molecule has 1 atom stereocenters. The minimum absolute atomic E-state index is 0.127. The number of aromatic nitrogens is 3. The minimum atomic E-state index is -0.913. The number of carbonyl (C=O) groups is 2. The van der Waals surface area contributed by atoms with Gasteiger partial charge >= 0.3 is 5.97 Å². The Morgan fingerprint density at radius 1 is 1.39 bits per heavy atom. The van der Waals surface area contributed by atoms with Crippen molar-refractivity contribution in [3.8, 4) is 0 Å². The number of carboxylic acid groups (broad SMARTS) is 1. The Bertz CT molecular complexity index is 418. The van der Waals surface area contributed by atoms with Crippen LogP contribution in [-0.4, -0.2) is 49.5 Å². The molecule has 1 aliphatic heterocycles. The van der Waals surface area contributed by atoms with Gasteiger partial charge in [0.05, 0.1) is 12.7 Å². The number of nitrogens with zero attached hydrogens (tertiary/aromatic N) is 4. The highest BCUT2D eigenvalue weighted by Gasteiger charge is 2.31. The van der Waals surface area contributed by atoms with Gasteiger partial charge in [0, 0.05) is 19.2 Å². The molecule has 7 nitrogen and oxygen atoms in total. The Morgan fingerprint density at radius 2 is 2.22 bits per heavy atom. The Hall–Kier alpha value is -1.92. The highest BCUT2D eigenvalue weighted by Crippen LogP contribution is 2.18. The smallest absolute Gasteiger partial charge is 0.326 e. The molecule has 0 aromatic carbocycles. The third-order valence-corrected chi connectivity index (χ3v) is 3.13. The van der Waals surface area contributed by atoms with Crippen LogP contribution in [0.15, 0.2) is 12.4 Å². The van der Waals surface area contributed by atoms with E-state index in [9.17, 15) is 9.59 Å². The third-order valence-electron chi connectivity index (χ3n) is 3.13. The average Bonchev–Trinajstić information content (AvgIpc) is 2.89. The molecule has 0 saturated carbocycles. The van der Waals surface area contributed by atoms with Crippen LogP contribution in [0.25, 0.3) is 0 Å². The number of carboxylic acids is 1. The van der Waals surface area contributed by atoms with Crippen molar-refractivity contribution in [3.05, 3.63) is 12.4 Å². The number of aryl methyl sites for hydroxylation is 1. The first-order chi connectivity index (χ1) is 8.68. The van der Waals surface area contributed by atoms with Gasteiger partial charge in [0.2, 0.25) is 5.91 Å². The summed E-state index contributed by atoms with van der Waals surface area (Å²) in [5.41, 5.74) is 0. The standard InChI is InChI=1S/C11H16N4O3/c16-10(4-7-14-8-5-12-13-14)15-6-2-1-3-9(15)11(17)18/h5,8-9H,1-4,6-7H2,(H,17,18)/t9-/m0/s1. The molecule has 0 spiro atoms. The molecule has 7 heteroatoms. The SMILES string of the molecule is O=C(O)[C@@H]1CCCCN1C(=O)CCn1ccnn1. The van der Waals surface area contributed by atoms with Crippen LogP contribution in [0.4, 0.5) is 0 Å². The topological polar surface area (TPSA) is 88.3 Å². The van der Waals surface area contributed by atoms with E-state index >= 15 is 0 Å². The normalized spacial score (nSPS) is 19.8. The fraction of sp³-hybridized carbons (Fsp3) is 0.636. The summed E-state index contributed by atoms with van der Waals surface area (Å²) in [6.45, 7) is 0.967. The molecule has 1 saturated heterocycles. The number of amides is 1. The zero-order valence-corrected chi connectivity index (χ0v) is 10.0. The summed E-state index contributed by atoms with van der Waals surface area (Å²) in [7, 11) is 0. The molecule has 1 amide bonds. The predicted octanol–water partition coefficient (Wildman–Crippen LogP) is 0.134. The van der Waals surface area contributed by atoms with E-state index < -0.39 is 12.0 Å². The fourth-order valence-electron chi connectivity index (χ4n) is 2.19. The van der Waals surface area contributed by atoms with E-state index in [0.717, 1.165) is 12.8 Å². The zero-order valence-electron chi connectivity index (χ0n) is 10.0. The molecule has 1 aromatic rings. The van der Waals surface area contributed by atoms with Gasteiger partial charge in [0.25, 0.3) is 0 Å². The van der Waals surface area contributed by atoms with Crippen molar-refractivity contribution in [2.45, 2.75) is 38.3 Å². The van der Waals surface area contributed by atoms with E-state index in [1.165, 1.54) is 4.90 Å². The van der Waals surface area contributed by atoms with Gasteiger partial charge in [-0.15, -0.1) is 5.10 Å². The van der Waals surface area contributed by atoms with Crippen molar-refractivity contribution >= 4 is 11.9 Å². The van der Waals surface area contributed by atoms with Gasteiger partial charge in [-0.2, -0.15) is 0 Å². The van der Waals surface area contributed by atoms with E-state index in [-0.39, 0.29) is 12.3 Å². The average molecular weight is 252 g/mol. The molecule has 98 valence electrons. The first-order valence-corrected chi connectivity index (χ1v) is 6.05. The Morgan fingerprint density at radius 3 is 2.89 bits per heavy atom. The second-order valence-electron chi connectivity index (χ2n) is 4.35. The molecule has 0 bridgehead atoms. The van der Waals surface area contributed by atoms with Crippen LogP contribution < -0.4 is 0 Å². The van der Waals surface area contributed by atoms with Crippen LogP contribution in [0, 0.1) is 0 Å². The lowest BCUT2D eigenvalue weighted by atomic mass is 10.0. The summed E-state index contributed by atoms with van der Waals surface area (Å²) in [5, 5.41) is 16.5. The van der Waals surface area contributed by atoms with Gasteiger partial charge in [-0.3, -0.25) is 9.48 Å². The minimum Gasteiger partial charge on any atom is -0.480 e. The summed E-state index contributed by atoms with van der Waals surface area (Å²) >= 11 is 0. The maximum Gasteiger partial charge on any atom is 0.326 e. The summed E-state index contributed by atoms with van der Waals surface area (Å²) < 4.78 is 1.57. The number of likely N-dealkylation sites (tertiary alicyclic amines) is 1. The summed E-state index contributed by atoms with van der Waals surface area (Å²) in [6.07, 6.45) is 5.77. The number of aliphatic carboxylic acids is 1. The lowest BCUT2D eigenvalue weighted by Crippen LogP contribution is -2.48. The van der Waals surface area contributed by atoms with Crippen LogP contribution in [-0.2, 0) is 16.1 Å². The first kappa shape index (κ1) is 12.5. The lowest BCUT2D eigenvalue weighted by molar-refractivity contribution is -0.152. The Labute approximate surface area is 104 Å². The van der Waals surface area contributed by atoms with Crippen molar-refractivity contribution in [2.75, 3.05) is 6.54 Å². The van der Waals surface area contributed by atoms with Gasteiger partial charge in [-0.1, -0.05) is 5.21 Å². The molecule has 2 rings (SSSR count). The quantitative estimate of drug-likeness (QED) is 0.823. The summed E-state index contributed by atoms with van der Waals surface area (Å²) in [4.78, 5) is 24.6. The van der Waals surface area contributed by atoms with Gasteiger partial charge in [0.15, 0.2) is 0 Å². The second-order valence-corrected chi connectivity index (χ2v) is 4.35. The number of hydrogen-bond acceptors (Lipinski definition) is 4. The monoisotopic (exact) mass is 252 g/mol. The molecule has 1 aliphatic rings. The number of piperidine rings is 1. The van der Waals surface area contributed by atoms with E-state index in [4.69, 9.17) is 5.11 Å². The Balaban J connectivity index is 1.92. The van der Waals surface area contributed by atoms with Crippen molar-refractivity contribution in [2.24, 2.45) is 0 Å². The predicted molar refractivity (Wildman–Crippen MR) is 61.6 cm³/mol. The first-order valence-electron chi connectivity index (χ1n) is 6.05. The van der Waals surface area contributed by atoms with E-state index in [1.54, 1.807) is 17.1 Å². The van der Waals surface area contributed by atoms with Gasteiger partial charge < -0.3 is 10.0 Å². The molecule has 2 heterocycles. The molecule has 0 radical (unpaired) electrons. The maximum absolute atomic E-state index is 12.0. The van der Waals surface area contributed by atoms with Crippen LogP contribution in [0.3, 0.4) is 0 Å². The van der Waals surface area contributed by atoms with Crippen molar-refractivity contribution < 1.29 is 14.7 Å². The molecule has 1 fully saturated rings. The van der Waals surface area contributed by atoms with Crippen LogP contribution in [0.2, 0.25) is 0 Å². The van der Waals surface area contributed by atoms with E-state index in [2.05, 4.69) is 10.3 Å². The van der Waals surface area contributed by atoms with Crippen molar-refractivity contribution in [1.82, 2.24) is 19.9 Å².